The lowest BCUT2D eigenvalue weighted by Gasteiger charge is -2.44. The first-order chi connectivity index (χ1) is 22.8. The Hall–Kier alpha value is -4.71. The maximum absolute atomic E-state index is 14.7. The molecule has 2 aromatic rings. The number of amides is 4. The first-order valence-electron chi connectivity index (χ1n) is 16.0. The summed E-state index contributed by atoms with van der Waals surface area (Å²) in [4.78, 5) is 58.1. The quantitative estimate of drug-likeness (QED) is 0.314. The van der Waals surface area contributed by atoms with Gasteiger partial charge in [0.1, 0.15) is 35.9 Å². The van der Waals surface area contributed by atoms with Crippen molar-refractivity contribution in [2.45, 2.75) is 63.9 Å². The van der Waals surface area contributed by atoms with Gasteiger partial charge in [-0.15, -0.1) is 6.58 Å². The average Bonchev–Trinajstić information content (AvgIpc) is 3.39. The van der Waals surface area contributed by atoms with Crippen molar-refractivity contribution < 1.29 is 38.1 Å². The van der Waals surface area contributed by atoms with E-state index in [0.717, 1.165) is 5.56 Å². The molecule has 0 saturated carbocycles. The lowest BCUT2D eigenvalue weighted by molar-refractivity contribution is -0.149. The predicted octanol–water partition coefficient (Wildman–Crippen LogP) is 3.46. The zero-order valence-electron chi connectivity index (χ0n) is 27.8. The smallest absolute Gasteiger partial charge is 0.411 e. The SMILES string of the molecule is C=CCOc1cc(F)cc(C[C@H](NC(=O)C2CC(=O)N(CC=C)C2)[C@H](O)[C@H]2C(=O)N(Cc3ccccc3)CCN2C(=O)OC(C)(C)C)c1. The van der Waals surface area contributed by atoms with Gasteiger partial charge in [-0.3, -0.25) is 19.3 Å². The van der Waals surface area contributed by atoms with Gasteiger partial charge in [0, 0.05) is 45.2 Å². The largest absolute Gasteiger partial charge is 0.489 e. The fourth-order valence-electron chi connectivity index (χ4n) is 5.90. The highest BCUT2D eigenvalue weighted by Crippen LogP contribution is 2.26. The molecule has 11 nitrogen and oxygen atoms in total. The van der Waals surface area contributed by atoms with Gasteiger partial charge in [-0.05, 0) is 50.5 Å². The van der Waals surface area contributed by atoms with Gasteiger partial charge in [-0.1, -0.05) is 49.1 Å². The Morgan fingerprint density at radius 1 is 1.06 bits per heavy atom. The van der Waals surface area contributed by atoms with Crippen LogP contribution in [0.25, 0.3) is 0 Å². The van der Waals surface area contributed by atoms with Crippen LogP contribution in [0.15, 0.2) is 73.8 Å². The summed E-state index contributed by atoms with van der Waals surface area (Å²) in [5.74, 6) is -2.40. The minimum atomic E-state index is -1.66. The Balaban J connectivity index is 1.69. The van der Waals surface area contributed by atoms with Crippen LogP contribution in [-0.4, -0.2) is 100 Å². The molecule has 2 saturated heterocycles. The van der Waals surface area contributed by atoms with Gasteiger partial charge in [0.2, 0.25) is 17.7 Å². The molecule has 0 spiro atoms. The third-order valence-corrected chi connectivity index (χ3v) is 8.11. The van der Waals surface area contributed by atoms with Crippen LogP contribution in [0.5, 0.6) is 5.75 Å². The van der Waals surface area contributed by atoms with E-state index < -0.39 is 53.4 Å². The molecule has 4 amide bonds. The highest BCUT2D eigenvalue weighted by Gasteiger charge is 2.47. The number of hydrogen-bond donors (Lipinski definition) is 2. The number of ether oxygens (including phenoxy) is 2. The number of nitrogens with zero attached hydrogens (tertiary/aromatic N) is 3. The van der Waals surface area contributed by atoms with Crippen molar-refractivity contribution in [3.8, 4) is 5.75 Å². The lowest BCUT2D eigenvalue weighted by Crippen LogP contribution is -2.66. The van der Waals surface area contributed by atoms with Gasteiger partial charge in [-0.2, -0.15) is 0 Å². The second kappa shape index (κ2) is 15.9. The summed E-state index contributed by atoms with van der Waals surface area (Å²) in [5, 5.41) is 14.9. The Kier molecular flexibility index (Phi) is 12.0. The number of piperazine rings is 1. The first kappa shape index (κ1) is 36.1. The molecule has 1 unspecified atom stereocenters. The van der Waals surface area contributed by atoms with Gasteiger partial charge in [0.05, 0.1) is 12.0 Å². The molecular weight excluding hydrogens is 619 g/mol. The number of carbonyl (C=O) groups is 4. The predicted molar refractivity (Wildman–Crippen MR) is 177 cm³/mol. The molecule has 2 aliphatic heterocycles. The third kappa shape index (κ3) is 9.43. The molecule has 2 aliphatic rings. The monoisotopic (exact) mass is 664 g/mol. The van der Waals surface area contributed by atoms with Crippen molar-refractivity contribution in [1.82, 2.24) is 20.0 Å². The van der Waals surface area contributed by atoms with E-state index in [9.17, 15) is 28.7 Å². The van der Waals surface area contributed by atoms with Crippen LogP contribution in [0.4, 0.5) is 9.18 Å². The van der Waals surface area contributed by atoms with Crippen LogP contribution in [0.3, 0.4) is 0 Å². The molecule has 0 radical (unpaired) electrons. The van der Waals surface area contributed by atoms with Crippen LogP contribution in [-0.2, 0) is 32.1 Å². The van der Waals surface area contributed by atoms with Crippen LogP contribution in [0.1, 0.15) is 38.3 Å². The number of carbonyl (C=O) groups excluding carboxylic acids is 4. The van der Waals surface area contributed by atoms with Crippen LogP contribution < -0.4 is 10.1 Å². The Morgan fingerprint density at radius 2 is 1.79 bits per heavy atom. The highest BCUT2D eigenvalue weighted by atomic mass is 19.1. The van der Waals surface area contributed by atoms with Gasteiger partial charge in [0.15, 0.2) is 0 Å². The highest BCUT2D eigenvalue weighted by molar-refractivity contribution is 5.90. The fourth-order valence-corrected chi connectivity index (χ4v) is 5.90. The van der Waals surface area contributed by atoms with Crippen LogP contribution in [0, 0.1) is 11.7 Å². The normalized spacial score (nSPS) is 19.5. The molecule has 0 aromatic heterocycles. The number of aliphatic hydroxyl groups is 1. The third-order valence-electron chi connectivity index (χ3n) is 8.11. The minimum Gasteiger partial charge on any atom is -0.489 e. The zero-order chi connectivity index (χ0) is 35.0. The fraction of sp³-hybridized carbons (Fsp3) is 0.444. The Bertz CT molecular complexity index is 1490. The number of likely N-dealkylation sites (tertiary alicyclic amines) is 1. The Morgan fingerprint density at radius 3 is 2.46 bits per heavy atom. The molecule has 2 heterocycles. The van der Waals surface area contributed by atoms with Gasteiger partial charge < -0.3 is 29.7 Å². The summed E-state index contributed by atoms with van der Waals surface area (Å²) in [6.07, 6.45) is 0.459. The summed E-state index contributed by atoms with van der Waals surface area (Å²) >= 11 is 0. The molecule has 0 aliphatic carbocycles. The van der Waals surface area contributed by atoms with Crippen LogP contribution in [0.2, 0.25) is 0 Å². The van der Waals surface area contributed by atoms with E-state index in [1.54, 1.807) is 37.8 Å². The number of hydrogen-bond acceptors (Lipinski definition) is 7. The van der Waals surface area contributed by atoms with Crippen molar-refractivity contribution in [2.75, 3.05) is 32.8 Å². The molecular formula is C36H45FN4O7. The van der Waals surface area contributed by atoms with E-state index >= 15 is 0 Å². The second-order valence-electron chi connectivity index (χ2n) is 13.1. The summed E-state index contributed by atoms with van der Waals surface area (Å²) in [6, 6.07) is 10.7. The van der Waals surface area contributed by atoms with Crippen molar-refractivity contribution >= 4 is 23.8 Å². The van der Waals surface area contributed by atoms with Crippen molar-refractivity contribution in [2.24, 2.45) is 5.92 Å². The van der Waals surface area contributed by atoms with Crippen molar-refractivity contribution in [3.05, 3.63) is 90.8 Å². The van der Waals surface area contributed by atoms with Crippen LogP contribution >= 0.6 is 0 Å². The minimum absolute atomic E-state index is 0.0424. The van der Waals surface area contributed by atoms with Gasteiger partial charge >= 0.3 is 6.09 Å². The van der Waals surface area contributed by atoms with Gasteiger partial charge in [0.25, 0.3) is 0 Å². The molecule has 12 heteroatoms. The van der Waals surface area contributed by atoms with E-state index in [4.69, 9.17) is 9.47 Å². The van der Waals surface area contributed by atoms with E-state index in [1.165, 1.54) is 28.0 Å². The molecule has 258 valence electrons. The summed E-state index contributed by atoms with van der Waals surface area (Å²) < 4.78 is 25.9. The molecule has 2 aromatic carbocycles. The standard InChI is InChI=1S/C36H45FN4O7/c1-6-13-39-23-26(20-30(39)42)33(44)38-29(19-25-17-27(37)21-28(18-25)47-16-7-2)32(43)31-34(45)40(22-24-11-9-8-10-12-24)14-15-41(31)35(46)48-36(3,4)5/h6-12,17-18,21,26,29,31-32,43H,1-2,13-16,19-20,22-23H2,3-5H3,(H,38,44)/t26?,29-,31-,32-/m0/s1. The average molecular weight is 665 g/mol. The molecule has 0 bridgehead atoms. The summed E-state index contributed by atoms with van der Waals surface area (Å²) in [5.41, 5.74) is 0.332. The van der Waals surface area contributed by atoms with E-state index in [-0.39, 0.29) is 63.8 Å². The molecule has 48 heavy (non-hydrogen) atoms. The lowest BCUT2D eigenvalue weighted by atomic mass is 9.92. The zero-order valence-corrected chi connectivity index (χ0v) is 27.8. The van der Waals surface area contributed by atoms with Crippen molar-refractivity contribution in [3.63, 3.8) is 0 Å². The second-order valence-corrected chi connectivity index (χ2v) is 13.1. The number of benzene rings is 2. The van der Waals surface area contributed by atoms with E-state index in [2.05, 4.69) is 18.5 Å². The molecule has 2 fully saturated rings. The number of halogens is 1. The molecule has 4 rings (SSSR count). The van der Waals surface area contributed by atoms with Gasteiger partial charge in [-0.25, -0.2) is 9.18 Å². The van der Waals surface area contributed by atoms with E-state index in [0.29, 0.717) is 5.56 Å². The van der Waals surface area contributed by atoms with Crippen molar-refractivity contribution in [1.29, 1.82) is 0 Å². The van der Waals surface area contributed by atoms with E-state index in [1.807, 2.05) is 30.3 Å². The first-order valence-corrected chi connectivity index (χ1v) is 16.0. The maximum atomic E-state index is 14.7. The maximum Gasteiger partial charge on any atom is 0.411 e. The summed E-state index contributed by atoms with van der Waals surface area (Å²) in [7, 11) is 0. The number of rotatable bonds is 13. The Labute approximate surface area is 281 Å². The molecule has 2 N–H and O–H groups in total. The molecule has 4 atom stereocenters. The summed E-state index contributed by atoms with van der Waals surface area (Å²) in [6.45, 7) is 13.4. The number of aliphatic hydroxyl groups excluding tert-OH is 1. The number of nitrogens with one attached hydrogen (secondary N) is 1. The topological polar surface area (TPSA) is 129 Å².